The van der Waals surface area contributed by atoms with E-state index in [9.17, 15) is 4.79 Å². The first-order valence-electron chi connectivity index (χ1n) is 7.39. The van der Waals surface area contributed by atoms with Gasteiger partial charge in [-0.15, -0.1) is 0 Å². The number of ether oxygens (including phenoxy) is 2. The molecule has 3 rings (SSSR count). The van der Waals surface area contributed by atoms with Crippen LogP contribution in [0.15, 0.2) is 0 Å². The van der Waals surface area contributed by atoms with E-state index in [4.69, 9.17) is 9.47 Å². The lowest BCUT2D eigenvalue weighted by Crippen LogP contribution is -2.42. The minimum atomic E-state index is 0.0408. The van der Waals surface area contributed by atoms with E-state index in [0.29, 0.717) is 18.0 Å². The molecule has 2 heterocycles. The van der Waals surface area contributed by atoms with Crippen LogP contribution < -0.4 is 5.32 Å². The molecule has 1 saturated carbocycles. The van der Waals surface area contributed by atoms with E-state index in [1.807, 2.05) is 11.9 Å². The van der Waals surface area contributed by atoms with E-state index in [1.54, 1.807) is 0 Å². The highest BCUT2D eigenvalue weighted by Gasteiger charge is 2.41. The predicted octanol–water partition coefficient (Wildman–Crippen LogP) is 1.38. The Hall–Kier alpha value is -0.810. The lowest BCUT2D eigenvalue weighted by Gasteiger charge is -2.31. The maximum atomic E-state index is 11.9. The lowest BCUT2D eigenvalue weighted by atomic mass is 9.78. The summed E-state index contributed by atoms with van der Waals surface area (Å²) in [7, 11) is 1.88. The molecule has 1 spiro atoms. The number of urea groups is 1. The number of carbonyl (C=O) groups is 1. The van der Waals surface area contributed by atoms with Crippen LogP contribution in [0.4, 0.5) is 4.79 Å². The highest BCUT2D eigenvalue weighted by molar-refractivity contribution is 5.74. The second-order valence-corrected chi connectivity index (χ2v) is 6.28. The largest absolute Gasteiger partial charge is 0.381 e. The third-order valence-corrected chi connectivity index (χ3v) is 4.74. The van der Waals surface area contributed by atoms with Crippen molar-refractivity contribution in [1.29, 1.82) is 0 Å². The molecule has 1 N–H and O–H groups in total. The zero-order valence-electron chi connectivity index (χ0n) is 11.7. The van der Waals surface area contributed by atoms with Crippen LogP contribution in [0.25, 0.3) is 0 Å². The van der Waals surface area contributed by atoms with Crippen LogP contribution in [-0.2, 0) is 9.47 Å². The van der Waals surface area contributed by atoms with Gasteiger partial charge in [0.2, 0.25) is 0 Å². The molecule has 2 amide bonds. The maximum Gasteiger partial charge on any atom is 0.317 e. The molecular formula is C14H24N2O3. The van der Waals surface area contributed by atoms with Gasteiger partial charge in [-0.2, -0.15) is 0 Å². The summed E-state index contributed by atoms with van der Waals surface area (Å²) in [5.74, 6) is 0. The van der Waals surface area contributed by atoms with E-state index in [-0.39, 0.29) is 12.1 Å². The van der Waals surface area contributed by atoms with Gasteiger partial charge in [0, 0.05) is 38.3 Å². The smallest absolute Gasteiger partial charge is 0.317 e. The number of nitrogens with zero attached hydrogens (tertiary/aromatic N) is 1. The lowest BCUT2D eigenvalue weighted by molar-refractivity contribution is 0.00706. The topological polar surface area (TPSA) is 50.8 Å². The van der Waals surface area contributed by atoms with E-state index in [0.717, 1.165) is 51.9 Å². The number of nitrogens with one attached hydrogen (secondary N) is 1. The van der Waals surface area contributed by atoms with Gasteiger partial charge in [-0.3, -0.25) is 0 Å². The van der Waals surface area contributed by atoms with E-state index < -0.39 is 0 Å². The maximum absolute atomic E-state index is 11.9. The average molecular weight is 268 g/mol. The summed E-state index contributed by atoms with van der Waals surface area (Å²) < 4.78 is 11.3. The van der Waals surface area contributed by atoms with Crippen molar-refractivity contribution < 1.29 is 14.3 Å². The summed E-state index contributed by atoms with van der Waals surface area (Å²) in [4.78, 5) is 13.7. The Morgan fingerprint density at radius 3 is 2.79 bits per heavy atom. The van der Waals surface area contributed by atoms with Crippen molar-refractivity contribution in [1.82, 2.24) is 10.2 Å². The molecule has 0 radical (unpaired) electrons. The Bertz CT molecular complexity index is 338. The van der Waals surface area contributed by atoms with Crippen LogP contribution in [0.5, 0.6) is 0 Å². The highest BCUT2D eigenvalue weighted by Crippen LogP contribution is 2.41. The molecular weight excluding hydrogens is 244 g/mol. The van der Waals surface area contributed by atoms with Crippen molar-refractivity contribution >= 4 is 6.03 Å². The molecule has 1 atom stereocenters. The predicted molar refractivity (Wildman–Crippen MR) is 71.0 cm³/mol. The molecule has 0 unspecified atom stereocenters. The highest BCUT2D eigenvalue weighted by atomic mass is 16.5. The first-order chi connectivity index (χ1) is 9.19. The molecule has 5 nitrogen and oxygen atoms in total. The van der Waals surface area contributed by atoms with Crippen LogP contribution in [0.2, 0.25) is 0 Å². The number of hydrogen-bond acceptors (Lipinski definition) is 3. The number of amides is 2. The summed E-state index contributed by atoms with van der Waals surface area (Å²) >= 11 is 0. The molecule has 2 saturated heterocycles. The molecule has 3 fully saturated rings. The van der Waals surface area contributed by atoms with E-state index in [2.05, 4.69) is 5.32 Å². The molecule has 3 aliphatic rings. The van der Waals surface area contributed by atoms with E-state index in [1.165, 1.54) is 0 Å². The van der Waals surface area contributed by atoms with Crippen molar-refractivity contribution in [2.45, 2.75) is 44.2 Å². The first kappa shape index (κ1) is 13.2. The Morgan fingerprint density at radius 2 is 2.11 bits per heavy atom. The molecule has 5 heteroatoms. The first-order valence-corrected chi connectivity index (χ1v) is 7.39. The molecule has 0 bridgehead atoms. The van der Waals surface area contributed by atoms with Gasteiger partial charge in [-0.05, 0) is 32.1 Å². The number of rotatable bonds is 3. The van der Waals surface area contributed by atoms with E-state index >= 15 is 0 Å². The molecule has 0 aromatic carbocycles. The average Bonchev–Trinajstić information content (AvgIpc) is 3.21. The number of hydrogen-bond donors (Lipinski definition) is 1. The van der Waals surface area contributed by atoms with Crippen molar-refractivity contribution in [3.05, 3.63) is 0 Å². The van der Waals surface area contributed by atoms with Gasteiger partial charge < -0.3 is 19.7 Å². The zero-order valence-corrected chi connectivity index (χ0v) is 11.7. The summed E-state index contributed by atoms with van der Waals surface area (Å²) in [6.45, 7) is 3.17. The van der Waals surface area contributed by atoms with Crippen LogP contribution >= 0.6 is 0 Å². The minimum absolute atomic E-state index is 0.0408. The van der Waals surface area contributed by atoms with Crippen molar-refractivity contribution in [3.63, 3.8) is 0 Å². The molecule has 2 aliphatic heterocycles. The molecule has 1 aliphatic carbocycles. The van der Waals surface area contributed by atoms with Crippen molar-refractivity contribution in [2.24, 2.45) is 5.41 Å². The van der Waals surface area contributed by atoms with Gasteiger partial charge in [0.1, 0.15) is 0 Å². The zero-order chi connectivity index (χ0) is 13.3. The van der Waals surface area contributed by atoms with Gasteiger partial charge >= 0.3 is 6.03 Å². The standard InChI is InChI=1S/C14H24N2O3/c1-16(11-2-3-11)13(17)15-9-12-8-14(10-19-12)4-6-18-7-5-14/h11-12H,2-10H2,1H3,(H,15,17)/t12-/m1/s1. The minimum Gasteiger partial charge on any atom is -0.381 e. The van der Waals surface area contributed by atoms with Gasteiger partial charge in [-0.1, -0.05) is 0 Å². The van der Waals surface area contributed by atoms with Crippen LogP contribution in [-0.4, -0.2) is 56.5 Å². The Kier molecular flexibility index (Phi) is 3.67. The van der Waals surface area contributed by atoms with Gasteiger partial charge in [0.05, 0.1) is 12.7 Å². The van der Waals surface area contributed by atoms with Crippen LogP contribution in [0, 0.1) is 5.41 Å². The fourth-order valence-electron chi connectivity index (χ4n) is 3.13. The van der Waals surface area contributed by atoms with Crippen molar-refractivity contribution in [3.8, 4) is 0 Å². The third kappa shape index (κ3) is 3.03. The fraction of sp³-hybridized carbons (Fsp3) is 0.929. The molecule has 0 aromatic rings. The summed E-state index contributed by atoms with van der Waals surface area (Å²) in [6.07, 6.45) is 5.72. The Labute approximate surface area is 114 Å². The van der Waals surface area contributed by atoms with Gasteiger partial charge in [0.15, 0.2) is 0 Å². The Morgan fingerprint density at radius 1 is 1.37 bits per heavy atom. The SMILES string of the molecule is CN(C(=O)NC[C@H]1CC2(CCOCC2)CO1)C1CC1. The summed E-state index contributed by atoms with van der Waals surface area (Å²) in [5, 5.41) is 3.00. The second-order valence-electron chi connectivity index (χ2n) is 6.28. The molecule has 108 valence electrons. The Balaban J connectivity index is 1.42. The molecule has 0 aromatic heterocycles. The normalized spacial score (nSPS) is 29.4. The second kappa shape index (κ2) is 5.29. The van der Waals surface area contributed by atoms with Crippen LogP contribution in [0.3, 0.4) is 0 Å². The number of carbonyl (C=O) groups excluding carboxylic acids is 1. The molecule has 19 heavy (non-hydrogen) atoms. The monoisotopic (exact) mass is 268 g/mol. The third-order valence-electron chi connectivity index (χ3n) is 4.74. The quantitative estimate of drug-likeness (QED) is 0.841. The fourth-order valence-corrected chi connectivity index (χ4v) is 3.13. The van der Waals surface area contributed by atoms with Gasteiger partial charge in [-0.25, -0.2) is 4.79 Å². The van der Waals surface area contributed by atoms with Crippen molar-refractivity contribution in [2.75, 3.05) is 33.4 Å². The van der Waals surface area contributed by atoms with Gasteiger partial charge in [0.25, 0.3) is 0 Å². The summed E-state index contributed by atoms with van der Waals surface area (Å²) in [6, 6.07) is 0.505. The van der Waals surface area contributed by atoms with Crippen LogP contribution in [0.1, 0.15) is 32.1 Å². The summed E-state index contributed by atoms with van der Waals surface area (Å²) in [5.41, 5.74) is 0.316.